The van der Waals surface area contributed by atoms with Crippen LogP contribution in [0, 0.1) is 5.92 Å². The van der Waals surface area contributed by atoms with Crippen molar-refractivity contribution in [1.29, 1.82) is 0 Å². The first kappa shape index (κ1) is 18.1. The van der Waals surface area contributed by atoms with Crippen LogP contribution in [0.5, 0.6) is 5.75 Å². The predicted octanol–water partition coefficient (Wildman–Crippen LogP) is -0.962. The minimum Gasteiger partial charge on any atom is -0.546 e. The van der Waals surface area contributed by atoms with Crippen LogP contribution in [-0.2, 0) is 14.4 Å². The maximum atomic E-state index is 11.4. The molecule has 0 aliphatic rings. The lowest BCUT2D eigenvalue weighted by Crippen LogP contribution is -2.39. The number of rotatable bonds is 7. The molecular weight excluding hydrogens is 302 g/mol. The Balaban J connectivity index is 2.43. The quantitative estimate of drug-likeness (QED) is 0.381. The van der Waals surface area contributed by atoms with Crippen LogP contribution in [0.2, 0.25) is 0 Å². The molecule has 0 aliphatic heterocycles. The molecule has 1 aromatic carbocycles. The summed E-state index contributed by atoms with van der Waals surface area (Å²) in [5.41, 5.74) is 2.74. The van der Waals surface area contributed by atoms with Gasteiger partial charge in [0.2, 0.25) is 0 Å². The normalized spacial score (nSPS) is 10.6. The van der Waals surface area contributed by atoms with Gasteiger partial charge in [-0.3, -0.25) is 9.59 Å². The zero-order chi connectivity index (χ0) is 17.2. The molecule has 2 amide bonds. The topological polar surface area (TPSA) is 120 Å². The summed E-state index contributed by atoms with van der Waals surface area (Å²) in [6, 6.07) is 6.31. The fraction of sp³-hybridized carbons (Fsp3) is 0.333. The second-order valence-electron chi connectivity index (χ2n) is 5.03. The van der Waals surface area contributed by atoms with Gasteiger partial charge in [0.15, 0.2) is 0 Å². The van der Waals surface area contributed by atoms with Crippen LogP contribution >= 0.6 is 0 Å². The van der Waals surface area contributed by atoms with E-state index in [4.69, 9.17) is 4.74 Å². The molecule has 0 spiro atoms. The number of nitrogens with zero attached hydrogens (tertiary/aromatic N) is 1. The smallest absolute Gasteiger partial charge is 0.329 e. The SMILES string of the molecule is CC(C)CNC(=O)C(=O)N/N=C\c1ccc(OCC(=O)[O-])cc1. The fourth-order valence-electron chi connectivity index (χ4n) is 1.39. The van der Waals surface area contributed by atoms with Crippen molar-refractivity contribution in [3.63, 3.8) is 0 Å². The molecule has 0 saturated heterocycles. The number of carbonyl (C=O) groups excluding carboxylic acids is 3. The average molecular weight is 320 g/mol. The van der Waals surface area contributed by atoms with Gasteiger partial charge in [-0.2, -0.15) is 5.10 Å². The molecule has 0 aromatic heterocycles. The number of hydrogen-bond donors (Lipinski definition) is 2. The van der Waals surface area contributed by atoms with E-state index in [1.165, 1.54) is 6.21 Å². The highest BCUT2D eigenvalue weighted by Crippen LogP contribution is 2.10. The number of ether oxygens (including phenoxy) is 1. The largest absolute Gasteiger partial charge is 0.546 e. The molecule has 0 atom stereocenters. The zero-order valence-electron chi connectivity index (χ0n) is 12.9. The van der Waals surface area contributed by atoms with Gasteiger partial charge in [-0.1, -0.05) is 13.8 Å². The molecule has 1 aromatic rings. The van der Waals surface area contributed by atoms with Gasteiger partial charge in [0.1, 0.15) is 12.4 Å². The van der Waals surface area contributed by atoms with E-state index in [1.54, 1.807) is 24.3 Å². The Labute approximate surface area is 133 Å². The van der Waals surface area contributed by atoms with E-state index in [0.29, 0.717) is 17.9 Å². The van der Waals surface area contributed by atoms with Crippen LogP contribution in [0.4, 0.5) is 0 Å². The molecule has 8 heteroatoms. The van der Waals surface area contributed by atoms with Crippen molar-refractivity contribution in [2.75, 3.05) is 13.2 Å². The Kier molecular flexibility index (Phi) is 7.25. The van der Waals surface area contributed by atoms with Gasteiger partial charge < -0.3 is 20.0 Å². The number of amides is 2. The van der Waals surface area contributed by atoms with E-state index < -0.39 is 24.4 Å². The fourth-order valence-corrected chi connectivity index (χ4v) is 1.39. The highest BCUT2D eigenvalue weighted by atomic mass is 16.5. The number of carbonyl (C=O) groups is 3. The summed E-state index contributed by atoms with van der Waals surface area (Å²) >= 11 is 0. The van der Waals surface area contributed by atoms with E-state index in [0.717, 1.165) is 0 Å². The molecular formula is C15H18N3O5-. The number of aliphatic carboxylic acids is 1. The molecule has 23 heavy (non-hydrogen) atoms. The van der Waals surface area contributed by atoms with Gasteiger partial charge in [-0.05, 0) is 35.7 Å². The Bertz CT molecular complexity index is 581. The lowest BCUT2D eigenvalue weighted by molar-refractivity contribution is -0.307. The van der Waals surface area contributed by atoms with Crippen molar-refractivity contribution >= 4 is 24.0 Å². The first-order chi connectivity index (χ1) is 10.9. The molecule has 1 rings (SSSR count). The van der Waals surface area contributed by atoms with Crippen LogP contribution < -0.4 is 20.6 Å². The highest BCUT2D eigenvalue weighted by molar-refractivity contribution is 6.35. The lowest BCUT2D eigenvalue weighted by atomic mass is 10.2. The number of hydrazone groups is 1. The number of carboxylic acids is 1. The van der Waals surface area contributed by atoms with E-state index >= 15 is 0 Å². The third kappa shape index (κ3) is 7.60. The van der Waals surface area contributed by atoms with Crippen LogP contribution in [0.25, 0.3) is 0 Å². The van der Waals surface area contributed by atoms with Gasteiger partial charge in [-0.25, -0.2) is 5.43 Å². The number of hydrogen-bond acceptors (Lipinski definition) is 6. The van der Waals surface area contributed by atoms with Crippen molar-refractivity contribution in [1.82, 2.24) is 10.7 Å². The summed E-state index contributed by atoms with van der Waals surface area (Å²) in [6.45, 7) is 3.70. The van der Waals surface area contributed by atoms with E-state index in [2.05, 4.69) is 15.8 Å². The number of carboxylic acid groups (broad SMARTS) is 1. The summed E-state index contributed by atoms with van der Waals surface area (Å²) in [7, 11) is 0. The Morgan fingerprint density at radius 2 is 1.87 bits per heavy atom. The average Bonchev–Trinajstić information content (AvgIpc) is 2.51. The minimum atomic E-state index is -1.31. The minimum absolute atomic E-state index is 0.243. The summed E-state index contributed by atoms with van der Waals surface area (Å²) in [6.07, 6.45) is 1.34. The van der Waals surface area contributed by atoms with E-state index in [9.17, 15) is 19.5 Å². The standard InChI is InChI=1S/C15H19N3O5/c1-10(2)7-16-14(21)15(22)18-17-8-11-3-5-12(6-4-11)23-9-13(19)20/h3-6,8,10H,7,9H2,1-2H3,(H,16,21)(H,18,22)(H,19,20)/p-1/b17-8-. The third-order valence-electron chi connectivity index (χ3n) is 2.49. The maximum absolute atomic E-state index is 11.4. The first-order valence-electron chi connectivity index (χ1n) is 6.92. The van der Waals surface area contributed by atoms with Crippen molar-refractivity contribution < 1.29 is 24.2 Å². The van der Waals surface area contributed by atoms with Gasteiger partial charge in [-0.15, -0.1) is 0 Å². The van der Waals surface area contributed by atoms with Crippen molar-refractivity contribution in [2.45, 2.75) is 13.8 Å². The highest BCUT2D eigenvalue weighted by Gasteiger charge is 2.11. The molecule has 0 aliphatic carbocycles. The lowest BCUT2D eigenvalue weighted by Gasteiger charge is -2.06. The Morgan fingerprint density at radius 3 is 2.43 bits per heavy atom. The van der Waals surface area contributed by atoms with Crippen molar-refractivity contribution in [3.05, 3.63) is 29.8 Å². The first-order valence-corrected chi connectivity index (χ1v) is 6.92. The molecule has 0 saturated carbocycles. The molecule has 2 N–H and O–H groups in total. The molecule has 0 radical (unpaired) electrons. The van der Waals surface area contributed by atoms with Crippen molar-refractivity contribution in [2.24, 2.45) is 11.0 Å². The molecule has 0 bridgehead atoms. The van der Waals surface area contributed by atoms with Crippen LogP contribution in [0.1, 0.15) is 19.4 Å². The molecule has 124 valence electrons. The summed E-state index contributed by atoms with van der Waals surface area (Å²) in [4.78, 5) is 33.1. The van der Waals surface area contributed by atoms with E-state index in [1.807, 2.05) is 13.8 Å². The van der Waals surface area contributed by atoms with E-state index in [-0.39, 0.29) is 5.92 Å². The number of benzene rings is 1. The summed E-state index contributed by atoms with van der Waals surface area (Å²) in [5.74, 6) is -2.30. The Hall–Kier alpha value is -2.90. The van der Waals surface area contributed by atoms with Gasteiger partial charge in [0.05, 0.1) is 12.2 Å². The van der Waals surface area contributed by atoms with Crippen LogP contribution in [0.3, 0.4) is 0 Å². The predicted molar refractivity (Wildman–Crippen MR) is 80.5 cm³/mol. The number of nitrogens with one attached hydrogen (secondary N) is 2. The van der Waals surface area contributed by atoms with Gasteiger partial charge >= 0.3 is 11.8 Å². The van der Waals surface area contributed by atoms with Crippen LogP contribution in [0.15, 0.2) is 29.4 Å². The molecule has 0 fully saturated rings. The third-order valence-corrected chi connectivity index (χ3v) is 2.49. The summed E-state index contributed by atoms with van der Waals surface area (Å²) in [5, 5.41) is 16.4. The molecule has 0 unspecified atom stereocenters. The van der Waals surface area contributed by atoms with Gasteiger partial charge in [0, 0.05) is 6.54 Å². The van der Waals surface area contributed by atoms with Crippen molar-refractivity contribution in [3.8, 4) is 5.75 Å². The second kappa shape index (κ2) is 9.19. The second-order valence-corrected chi connectivity index (χ2v) is 5.03. The van der Waals surface area contributed by atoms with Crippen LogP contribution in [-0.4, -0.2) is 37.1 Å². The molecule has 0 heterocycles. The van der Waals surface area contributed by atoms with Gasteiger partial charge in [0.25, 0.3) is 0 Å². The Morgan fingerprint density at radius 1 is 1.22 bits per heavy atom. The maximum Gasteiger partial charge on any atom is 0.329 e. The summed E-state index contributed by atoms with van der Waals surface area (Å²) < 4.78 is 4.91. The zero-order valence-corrected chi connectivity index (χ0v) is 12.9. The monoisotopic (exact) mass is 320 g/mol. The molecule has 8 nitrogen and oxygen atoms in total.